The molecular formula is C15H19N3O. The summed E-state index contributed by atoms with van der Waals surface area (Å²) in [6.07, 6.45) is 1.46. The fourth-order valence-electron chi connectivity index (χ4n) is 1.92. The Morgan fingerprint density at radius 3 is 2.63 bits per heavy atom. The number of hydrogen-bond acceptors (Lipinski definition) is 4. The van der Waals surface area contributed by atoms with Gasteiger partial charge in [-0.05, 0) is 36.8 Å². The molecule has 2 aromatic rings. The first-order chi connectivity index (χ1) is 9.06. The van der Waals surface area contributed by atoms with E-state index in [1.807, 2.05) is 20.2 Å². The lowest BCUT2D eigenvalue weighted by atomic mass is 10.1. The first-order valence-corrected chi connectivity index (χ1v) is 6.22. The van der Waals surface area contributed by atoms with Crippen LogP contribution in [0.15, 0.2) is 36.5 Å². The van der Waals surface area contributed by atoms with Crippen molar-refractivity contribution in [1.29, 1.82) is 0 Å². The number of aryl methyl sites for hydroxylation is 1. The van der Waals surface area contributed by atoms with E-state index in [0.29, 0.717) is 6.54 Å². The molecule has 0 aliphatic carbocycles. The van der Waals surface area contributed by atoms with Crippen LogP contribution < -0.4 is 10.2 Å². The summed E-state index contributed by atoms with van der Waals surface area (Å²) in [6.45, 7) is 2.73. The zero-order valence-corrected chi connectivity index (χ0v) is 11.5. The molecule has 0 unspecified atom stereocenters. The molecule has 0 spiro atoms. The number of nitrogens with zero attached hydrogens (tertiary/aromatic N) is 2. The minimum absolute atomic E-state index is 0.189. The Morgan fingerprint density at radius 1 is 1.21 bits per heavy atom. The van der Waals surface area contributed by atoms with E-state index in [0.717, 1.165) is 11.4 Å². The second-order valence-corrected chi connectivity index (χ2v) is 4.76. The third-order valence-electron chi connectivity index (χ3n) is 2.97. The van der Waals surface area contributed by atoms with Crippen LogP contribution in [0.1, 0.15) is 11.3 Å². The van der Waals surface area contributed by atoms with Crippen molar-refractivity contribution in [3.05, 3.63) is 47.8 Å². The second kappa shape index (κ2) is 5.61. The Balaban J connectivity index is 2.07. The average molecular weight is 257 g/mol. The summed E-state index contributed by atoms with van der Waals surface area (Å²) >= 11 is 0. The summed E-state index contributed by atoms with van der Waals surface area (Å²) < 4.78 is 0. The topological polar surface area (TPSA) is 48.4 Å². The molecule has 4 heteroatoms. The maximum Gasteiger partial charge on any atom is 0.133 e. The van der Waals surface area contributed by atoms with Gasteiger partial charge in [0.05, 0.1) is 18.4 Å². The lowest BCUT2D eigenvalue weighted by molar-refractivity contribution is 0.472. The highest BCUT2D eigenvalue weighted by Crippen LogP contribution is 2.22. The third kappa shape index (κ3) is 3.37. The highest BCUT2D eigenvalue weighted by atomic mass is 16.3. The van der Waals surface area contributed by atoms with E-state index in [4.69, 9.17) is 0 Å². The van der Waals surface area contributed by atoms with Crippen molar-refractivity contribution in [3.63, 3.8) is 0 Å². The van der Waals surface area contributed by atoms with Crippen LogP contribution in [0.3, 0.4) is 0 Å². The summed E-state index contributed by atoms with van der Waals surface area (Å²) in [7, 11) is 4.07. The van der Waals surface area contributed by atoms with Gasteiger partial charge in [-0.15, -0.1) is 0 Å². The second-order valence-electron chi connectivity index (χ2n) is 4.76. The van der Waals surface area contributed by atoms with Crippen LogP contribution in [-0.2, 0) is 6.54 Å². The number of nitrogens with one attached hydrogen (secondary N) is 1. The van der Waals surface area contributed by atoms with Gasteiger partial charge < -0.3 is 15.3 Å². The first-order valence-electron chi connectivity index (χ1n) is 6.22. The third-order valence-corrected chi connectivity index (χ3v) is 2.97. The molecule has 0 radical (unpaired) electrons. The normalized spacial score (nSPS) is 10.3. The molecule has 0 bridgehead atoms. The van der Waals surface area contributed by atoms with Crippen molar-refractivity contribution in [2.75, 3.05) is 24.3 Å². The van der Waals surface area contributed by atoms with Gasteiger partial charge in [0.2, 0.25) is 0 Å². The Kier molecular flexibility index (Phi) is 3.90. The number of pyridine rings is 1. The zero-order valence-electron chi connectivity index (χ0n) is 11.5. The van der Waals surface area contributed by atoms with E-state index in [9.17, 15) is 5.11 Å². The van der Waals surface area contributed by atoms with Crippen molar-refractivity contribution in [3.8, 4) is 5.75 Å². The summed E-state index contributed by atoms with van der Waals surface area (Å²) in [5.74, 6) is 0.189. The lowest BCUT2D eigenvalue weighted by Crippen LogP contribution is -2.11. The van der Waals surface area contributed by atoms with E-state index in [1.54, 1.807) is 6.07 Å². The van der Waals surface area contributed by atoms with Gasteiger partial charge in [-0.3, -0.25) is 4.98 Å². The van der Waals surface area contributed by atoms with Crippen LogP contribution in [0, 0.1) is 6.92 Å². The van der Waals surface area contributed by atoms with Gasteiger partial charge >= 0.3 is 0 Å². The fraction of sp³-hybridized carbons (Fsp3) is 0.267. The van der Waals surface area contributed by atoms with Crippen LogP contribution in [0.25, 0.3) is 0 Å². The van der Waals surface area contributed by atoms with Gasteiger partial charge in [0.1, 0.15) is 5.75 Å². The molecule has 0 atom stereocenters. The highest BCUT2D eigenvalue weighted by Gasteiger charge is 2.02. The molecule has 100 valence electrons. The van der Waals surface area contributed by atoms with E-state index in [-0.39, 0.29) is 5.75 Å². The maximum atomic E-state index is 9.18. The van der Waals surface area contributed by atoms with Crippen molar-refractivity contribution in [1.82, 2.24) is 4.98 Å². The van der Waals surface area contributed by atoms with Crippen LogP contribution in [-0.4, -0.2) is 24.2 Å². The summed E-state index contributed by atoms with van der Waals surface area (Å²) in [5.41, 5.74) is 4.40. The molecule has 1 aromatic carbocycles. The molecule has 0 fully saturated rings. The van der Waals surface area contributed by atoms with Crippen LogP contribution in [0.2, 0.25) is 0 Å². The monoisotopic (exact) mass is 257 g/mol. The SMILES string of the molecule is Cc1ccc(NCc2ccc(O)cn2)cc1N(C)C. The van der Waals surface area contributed by atoms with Crippen molar-refractivity contribution in [2.45, 2.75) is 13.5 Å². The average Bonchev–Trinajstić information content (AvgIpc) is 2.39. The molecule has 2 N–H and O–H groups in total. The van der Waals surface area contributed by atoms with Gasteiger partial charge in [-0.1, -0.05) is 6.07 Å². The first kappa shape index (κ1) is 13.2. The lowest BCUT2D eigenvalue weighted by Gasteiger charge is -2.17. The van der Waals surface area contributed by atoms with Gasteiger partial charge in [0.15, 0.2) is 0 Å². The van der Waals surface area contributed by atoms with Gasteiger partial charge in [0.25, 0.3) is 0 Å². The van der Waals surface area contributed by atoms with E-state index < -0.39 is 0 Å². The number of benzene rings is 1. The molecular weight excluding hydrogens is 238 g/mol. The van der Waals surface area contributed by atoms with E-state index >= 15 is 0 Å². The number of aromatic hydroxyl groups is 1. The molecule has 2 rings (SSSR count). The Morgan fingerprint density at radius 2 is 2.00 bits per heavy atom. The number of aromatic nitrogens is 1. The quantitative estimate of drug-likeness (QED) is 0.884. The summed E-state index contributed by atoms with van der Waals surface area (Å²) in [4.78, 5) is 6.24. The predicted octanol–water partition coefficient (Wildman–Crippen LogP) is 2.77. The van der Waals surface area contributed by atoms with Gasteiger partial charge in [-0.2, -0.15) is 0 Å². The van der Waals surface area contributed by atoms with Crippen molar-refractivity contribution >= 4 is 11.4 Å². The molecule has 0 amide bonds. The molecule has 0 saturated carbocycles. The maximum absolute atomic E-state index is 9.18. The molecule has 1 heterocycles. The van der Waals surface area contributed by atoms with Crippen LogP contribution >= 0.6 is 0 Å². The van der Waals surface area contributed by atoms with E-state index in [1.165, 1.54) is 17.4 Å². The minimum Gasteiger partial charge on any atom is -0.506 e. The molecule has 1 aromatic heterocycles. The van der Waals surface area contributed by atoms with Crippen molar-refractivity contribution < 1.29 is 5.11 Å². The molecule has 19 heavy (non-hydrogen) atoms. The number of anilines is 2. The zero-order chi connectivity index (χ0) is 13.8. The van der Waals surface area contributed by atoms with Crippen LogP contribution in [0.4, 0.5) is 11.4 Å². The molecule has 0 saturated heterocycles. The smallest absolute Gasteiger partial charge is 0.133 e. The molecule has 0 aliphatic heterocycles. The summed E-state index contributed by atoms with van der Waals surface area (Å²) in [6, 6.07) is 9.73. The largest absolute Gasteiger partial charge is 0.506 e. The Labute approximate surface area is 113 Å². The Bertz CT molecular complexity index is 550. The standard InChI is InChI=1S/C15H19N3O/c1-11-4-5-12(8-15(11)18(2)3)16-9-13-6-7-14(19)10-17-13/h4-8,10,16,19H,9H2,1-3H3. The van der Waals surface area contributed by atoms with Gasteiger partial charge in [-0.25, -0.2) is 0 Å². The van der Waals surface area contributed by atoms with Gasteiger partial charge in [0, 0.05) is 25.5 Å². The molecule has 4 nitrogen and oxygen atoms in total. The van der Waals surface area contributed by atoms with Crippen LogP contribution in [0.5, 0.6) is 5.75 Å². The van der Waals surface area contributed by atoms with E-state index in [2.05, 4.69) is 40.3 Å². The predicted molar refractivity (Wildman–Crippen MR) is 78.7 cm³/mol. The minimum atomic E-state index is 0.189. The number of hydrogen-bond donors (Lipinski definition) is 2. The summed E-state index contributed by atoms with van der Waals surface area (Å²) in [5, 5.41) is 12.5. The number of rotatable bonds is 4. The molecule has 0 aliphatic rings. The van der Waals surface area contributed by atoms with Crippen molar-refractivity contribution in [2.24, 2.45) is 0 Å². The fourth-order valence-corrected chi connectivity index (χ4v) is 1.92. The highest BCUT2D eigenvalue weighted by molar-refractivity contribution is 5.61. The Hall–Kier alpha value is -2.23.